The van der Waals surface area contributed by atoms with Crippen molar-refractivity contribution < 1.29 is 59.1 Å². The van der Waals surface area contributed by atoms with Crippen LogP contribution >= 0.6 is 23.2 Å². The minimum absolute atomic E-state index is 0.0486. The molecule has 0 aromatic heterocycles. The fraction of sp³-hybridized carbons (Fsp3) is 0.564. The van der Waals surface area contributed by atoms with E-state index in [-0.39, 0.29) is 30.5 Å². The van der Waals surface area contributed by atoms with Gasteiger partial charge in [-0.15, -0.1) is 0 Å². The van der Waals surface area contributed by atoms with Crippen molar-refractivity contribution in [2.24, 2.45) is 0 Å². The van der Waals surface area contributed by atoms with Crippen LogP contribution in [0.3, 0.4) is 0 Å². The number of fused-ring (bicyclic) bond motifs is 1. The van der Waals surface area contributed by atoms with Gasteiger partial charge in [0, 0.05) is 12.1 Å². The zero-order valence-electron chi connectivity index (χ0n) is 32.0. The Balaban J connectivity index is 1.14. The molecule has 56 heavy (non-hydrogen) atoms. The first-order chi connectivity index (χ1) is 26.6. The maximum Gasteiger partial charge on any atom is 0.247 e. The number of aromatic hydroxyl groups is 1. The van der Waals surface area contributed by atoms with Gasteiger partial charge in [-0.3, -0.25) is 9.69 Å². The van der Waals surface area contributed by atoms with Crippen LogP contribution in [-0.2, 0) is 25.5 Å². The average molecular weight is 827 g/mol. The number of phenols is 1. The quantitative estimate of drug-likeness (QED) is 0.0958. The summed E-state index contributed by atoms with van der Waals surface area (Å²) < 4.78 is 28.1. The van der Waals surface area contributed by atoms with Crippen LogP contribution in [0.25, 0.3) is 6.08 Å². The van der Waals surface area contributed by atoms with Crippen molar-refractivity contribution in [3.63, 3.8) is 0 Å². The van der Waals surface area contributed by atoms with Gasteiger partial charge in [0.1, 0.15) is 73.0 Å². The average Bonchev–Trinajstić information content (AvgIpc) is 3.77. The van der Waals surface area contributed by atoms with Crippen LogP contribution in [0.2, 0.25) is 10.0 Å². The SMILES string of the molecule is CCN(CCCN(C)C)Cc1ccc(OCC=C(C)[C@H]2O[C@@H](Oc3ccc(C=C(C)C(=O)N[C@@H]4[C@H](O)[C@@H](O)[C@H]5OCO[C@H]5[C@@H]4O)cc3O)[C@@H](O)[C@@H]2O)c(Cl)c1Cl. The van der Waals surface area contributed by atoms with Gasteiger partial charge in [0.2, 0.25) is 12.2 Å². The van der Waals surface area contributed by atoms with Gasteiger partial charge in [-0.25, -0.2) is 0 Å². The lowest BCUT2D eigenvalue weighted by Crippen LogP contribution is -2.67. The van der Waals surface area contributed by atoms with Gasteiger partial charge in [0.25, 0.3) is 0 Å². The third kappa shape index (κ3) is 10.3. The topological polar surface area (TPSA) is 203 Å². The molecule has 2 saturated heterocycles. The van der Waals surface area contributed by atoms with Crippen molar-refractivity contribution in [3.05, 3.63) is 68.7 Å². The lowest BCUT2D eigenvalue weighted by Gasteiger charge is -2.41. The van der Waals surface area contributed by atoms with Gasteiger partial charge in [-0.2, -0.15) is 0 Å². The molecule has 0 spiro atoms. The summed E-state index contributed by atoms with van der Waals surface area (Å²) in [5.74, 6) is -0.625. The first kappa shape index (κ1) is 44.1. The van der Waals surface area contributed by atoms with Crippen LogP contribution < -0.4 is 14.8 Å². The fourth-order valence-electron chi connectivity index (χ4n) is 6.89. The Bertz CT molecular complexity index is 1730. The zero-order chi connectivity index (χ0) is 40.8. The van der Waals surface area contributed by atoms with E-state index < -0.39 is 67.1 Å². The standard InChI is InChI=1S/C39H53Cl2N3O12/c1-6-44(14-7-13-43(4)5)18-23-9-11-26(28(41)27(23)40)52-15-12-20(2)35-33(49)34(50)39(56-35)55-25-10-8-22(17-24(25)45)16-21(3)38(51)42-29-30(46)32(48)37-36(31(29)47)53-19-54-37/h8-12,16-17,29-37,39,45-50H,6-7,13-15,18-19H2,1-5H3,(H,42,51)/t29-,30+,31-,32-,33+,34+,35-,36+,37-,39-/m1/s1. The van der Waals surface area contributed by atoms with E-state index in [9.17, 15) is 35.4 Å². The van der Waals surface area contributed by atoms with Gasteiger partial charge in [0.05, 0.1) is 11.1 Å². The van der Waals surface area contributed by atoms with Crippen LogP contribution in [0.4, 0.5) is 0 Å². The normalized spacial score (nSPS) is 29.5. The number of amides is 1. The molecule has 0 radical (unpaired) electrons. The van der Waals surface area contributed by atoms with Crippen LogP contribution in [0.15, 0.2) is 47.6 Å². The number of rotatable bonds is 16. The summed E-state index contributed by atoms with van der Waals surface area (Å²) in [7, 11) is 4.10. The fourth-order valence-corrected chi connectivity index (χ4v) is 7.34. The molecule has 17 heteroatoms. The number of aliphatic hydroxyl groups excluding tert-OH is 5. The van der Waals surface area contributed by atoms with E-state index in [1.807, 2.05) is 6.07 Å². The summed E-state index contributed by atoms with van der Waals surface area (Å²) in [5.41, 5.74) is 2.02. The molecule has 3 fully saturated rings. The van der Waals surface area contributed by atoms with E-state index in [0.717, 1.165) is 31.6 Å². The maximum atomic E-state index is 13.0. The second-order valence-electron chi connectivity index (χ2n) is 14.6. The second-order valence-corrected chi connectivity index (χ2v) is 15.3. The summed E-state index contributed by atoms with van der Waals surface area (Å²) in [6, 6.07) is 6.72. The highest BCUT2D eigenvalue weighted by Crippen LogP contribution is 2.37. The third-order valence-electron chi connectivity index (χ3n) is 10.2. The molecule has 2 heterocycles. The van der Waals surface area contributed by atoms with E-state index in [1.54, 1.807) is 25.1 Å². The summed E-state index contributed by atoms with van der Waals surface area (Å²) in [5, 5.41) is 67.1. The van der Waals surface area contributed by atoms with Crippen LogP contribution in [0, 0.1) is 0 Å². The molecule has 2 aromatic carbocycles. The number of halogens is 2. The van der Waals surface area contributed by atoms with E-state index in [2.05, 4.69) is 36.1 Å². The number of phenolic OH excluding ortho intramolecular Hbond substituents is 1. The zero-order valence-corrected chi connectivity index (χ0v) is 33.6. The molecule has 1 aliphatic carbocycles. The van der Waals surface area contributed by atoms with Gasteiger partial charge in [0.15, 0.2) is 11.5 Å². The molecule has 1 amide bonds. The monoisotopic (exact) mass is 825 g/mol. The number of nitrogens with one attached hydrogen (secondary N) is 1. The van der Waals surface area contributed by atoms with Crippen LogP contribution in [-0.4, -0.2) is 155 Å². The Kier molecular flexibility index (Phi) is 15.4. The molecule has 2 aliphatic heterocycles. The van der Waals surface area contributed by atoms with Gasteiger partial charge >= 0.3 is 0 Å². The van der Waals surface area contributed by atoms with Crippen molar-refractivity contribution in [1.82, 2.24) is 15.1 Å². The molecule has 15 nitrogen and oxygen atoms in total. The highest BCUT2D eigenvalue weighted by atomic mass is 35.5. The molecular formula is C39H53Cl2N3O12. The molecule has 1 saturated carbocycles. The number of nitrogens with zero attached hydrogens (tertiary/aromatic N) is 2. The number of carbonyl (C=O) groups excluding carboxylic acids is 1. The first-order valence-corrected chi connectivity index (χ1v) is 19.3. The molecule has 3 aliphatic rings. The smallest absolute Gasteiger partial charge is 0.247 e. The van der Waals surface area contributed by atoms with Crippen molar-refractivity contribution in [1.29, 1.82) is 0 Å². The number of ether oxygens (including phenoxy) is 5. The number of hydrogen-bond acceptors (Lipinski definition) is 14. The van der Waals surface area contributed by atoms with Gasteiger partial charge in [-0.05, 0) is 101 Å². The molecule has 10 atom stereocenters. The number of hydrogen-bond donors (Lipinski definition) is 7. The summed E-state index contributed by atoms with van der Waals surface area (Å²) in [6.45, 7) is 8.67. The largest absolute Gasteiger partial charge is 0.504 e. The maximum absolute atomic E-state index is 13.0. The van der Waals surface area contributed by atoms with E-state index in [4.69, 9.17) is 46.9 Å². The third-order valence-corrected chi connectivity index (χ3v) is 11.1. The minimum atomic E-state index is -1.50. The molecular weight excluding hydrogens is 773 g/mol. The van der Waals surface area contributed by atoms with Crippen molar-refractivity contribution in [2.45, 2.75) is 94.9 Å². The number of aliphatic hydroxyl groups is 5. The predicted octanol–water partition coefficient (Wildman–Crippen LogP) is 2.05. The Morgan fingerprint density at radius 2 is 1.62 bits per heavy atom. The summed E-state index contributed by atoms with van der Waals surface area (Å²) in [6.07, 6.45) is -6.95. The number of carbonyl (C=O) groups is 1. The second kappa shape index (κ2) is 19.6. The molecule has 0 bridgehead atoms. The minimum Gasteiger partial charge on any atom is -0.504 e. The Morgan fingerprint density at radius 1 is 0.929 bits per heavy atom. The van der Waals surface area contributed by atoms with Crippen molar-refractivity contribution in [2.75, 3.05) is 47.1 Å². The van der Waals surface area contributed by atoms with Crippen LogP contribution in [0.1, 0.15) is 38.3 Å². The van der Waals surface area contributed by atoms with Gasteiger partial charge < -0.3 is 64.5 Å². The van der Waals surface area contributed by atoms with E-state index >= 15 is 0 Å². The Hall–Kier alpha value is -3.03. The lowest BCUT2D eigenvalue weighted by molar-refractivity contribution is -0.155. The Labute approximate surface area is 336 Å². The highest BCUT2D eigenvalue weighted by molar-refractivity contribution is 6.43. The predicted molar refractivity (Wildman–Crippen MR) is 207 cm³/mol. The van der Waals surface area contributed by atoms with E-state index in [0.29, 0.717) is 33.5 Å². The molecule has 2 aromatic rings. The number of benzene rings is 2. The lowest BCUT2D eigenvalue weighted by atomic mass is 9.83. The molecule has 0 unspecified atom stereocenters. The highest BCUT2D eigenvalue weighted by Gasteiger charge is 2.53. The summed E-state index contributed by atoms with van der Waals surface area (Å²) in [4.78, 5) is 17.4. The molecule has 7 N–H and O–H groups in total. The van der Waals surface area contributed by atoms with E-state index in [1.165, 1.54) is 25.1 Å². The van der Waals surface area contributed by atoms with Crippen LogP contribution in [0.5, 0.6) is 17.2 Å². The first-order valence-electron chi connectivity index (χ1n) is 18.5. The summed E-state index contributed by atoms with van der Waals surface area (Å²) >= 11 is 13.2. The Morgan fingerprint density at radius 3 is 2.30 bits per heavy atom. The van der Waals surface area contributed by atoms with Gasteiger partial charge in [-0.1, -0.05) is 42.3 Å². The molecule has 5 rings (SSSR count). The molecule has 310 valence electrons. The van der Waals surface area contributed by atoms with Crippen molar-refractivity contribution >= 4 is 35.2 Å². The van der Waals surface area contributed by atoms with Crippen molar-refractivity contribution in [3.8, 4) is 17.2 Å².